The summed E-state index contributed by atoms with van der Waals surface area (Å²) in [4.78, 5) is 0.153. The summed E-state index contributed by atoms with van der Waals surface area (Å²) in [6, 6.07) is 6.64. The highest BCUT2D eigenvalue weighted by atomic mass is 32.2. The lowest BCUT2D eigenvalue weighted by atomic mass is 9.88. The lowest BCUT2D eigenvalue weighted by Gasteiger charge is -2.36. The number of rotatable bonds is 5. The number of thioether (sulfide) groups is 1. The van der Waals surface area contributed by atoms with Gasteiger partial charge in [-0.1, -0.05) is 19.3 Å². The number of hydrogen-bond donors (Lipinski definition) is 2. The average Bonchev–Trinajstić information content (AvgIpc) is 2.46. The Balaban J connectivity index is 2.00. The van der Waals surface area contributed by atoms with Gasteiger partial charge >= 0.3 is 0 Å². The maximum Gasteiger partial charge on any atom is 0.238 e. The van der Waals surface area contributed by atoms with Gasteiger partial charge in [0.1, 0.15) is 0 Å². The van der Waals surface area contributed by atoms with E-state index < -0.39 is 10.0 Å². The van der Waals surface area contributed by atoms with Crippen LogP contribution in [0, 0.1) is 0 Å². The van der Waals surface area contributed by atoms with Crippen molar-refractivity contribution >= 4 is 27.5 Å². The molecule has 1 saturated carbocycles. The van der Waals surface area contributed by atoms with Crippen molar-refractivity contribution in [1.82, 2.24) is 0 Å². The molecule has 0 heterocycles. The Morgan fingerprint density at radius 2 is 1.80 bits per heavy atom. The van der Waals surface area contributed by atoms with Crippen LogP contribution in [0.4, 0.5) is 5.69 Å². The molecule has 3 N–H and O–H groups in total. The number of sulfonamides is 1. The highest BCUT2D eigenvalue weighted by molar-refractivity contribution is 8.00. The Morgan fingerprint density at radius 3 is 2.30 bits per heavy atom. The van der Waals surface area contributed by atoms with Crippen molar-refractivity contribution in [2.75, 3.05) is 18.1 Å². The van der Waals surface area contributed by atoms with Crippen molar-refractivity contribution in [3.8, 4) is 0 Å². The average molecular weight is 314 g/mol. The molecular formula is C14H22N2O2S2. The molecule has 0 spiro atoms. The predicted octanol–water partition coefficient (Wildman–Crippen LogP) is 2.81. The number of nitrogens with one attached hydrogen (secondary N) is 1. The molecule has 0 atom stereocenters. The highest BCUT2D eigenvalue weighted by Crippen LogP contribution is 2.38. The minimum Gasteiger partial charge on any atom is -0.384 e. The largest absolute Gasteiger partial charge is 0.384 e. The fourth-order valence-corrected chi connectivity index (χ4v) is 4.10. The van der Waals surface area contributed by atoms with E-state index in [2.05, 4.69) is 11.6 Å². The number of benzene rings is 1. The van der Waals surface area contributed by atoms with Crippen LogP contribution in [0.5, 0.6) is 0 Å². The van der Waals surface area contributed by atoms with Crippen molar-refractivity contribution < 1.29 is 8.42 Å². The molecule has 6 heteroatoms. The van der Waals surface area contributed by atoms with E-state index in [-0.39, 0.29) is 4.90 Å². The Bertz CT molecular complexity index is 535. The summed E-state index contributed by atoms with van der Waals surface area (Å²) in [5.41, 5.74) is 0.941. The smallest absolute Gasteiger partial charge is 0.238 e. The molecule has 1 aliphatic carbocycles. The van der Waals surface area contributed by atoms with E-state index >= 15 is 0 Å². The van der Waals surface area contributed by atoms with E-state index in [1.165, 1.54) is 32.1 Å². The topological polar surface area (TPSA) is 72.2 Å². The second-order valence-electron chi connectivity index (χ2n) is 5.37. The zero-order chi connectivity index (χ0) is 14.6. The van der Waals surface area contributed by atoms with Crippen molar-refractivity contribution in [3.05, 3.63) is 24.3 Å². The zero-order valence-corrected chi connectivity index (χ0v) is 13.4. The predicted molar refractivity (Wildman–Crippen MR) is 85.6 cm³/mol. The number of hydrogen-bond acceptors (Lipinski definition) is 4. The van der Waals surface area contributed by atoms with Gasteiger partial charge in [-0.25, -0.2) is 13.6 Å². The van der Waals surface area contributed by atoms with Gasteiger partial charge in [-0.15, -0.1) is 0 Å². The highest BCUT2D eigenvalue weighted by Gasteiger charge is 2.30. The molecule has 1 fully saturated rings. The lowest BCUT2D eigenvalue weighted by Crippen LogP contribution is -2.35. The minimum absolute atomic E-state index is 0.153. The molecule has 0 radical (unpaired) electrons. The summed E-state index contributed by atoms with van der Waals surface area (Å²) in [6.45, 7) is 0.920. The Hall–Kier alpha value is -0.720. The van der Waals surface area contributed by atoms with Crippen LogP contribution in [0.2, 0.25) is 0 Å². The fraction of sp³-hybridized carbons (Fsp3) is 0.571. The van der Waals surface area contributed by atoms with E-state index in [0.29, 0.717) is 4.75 Å². The van der Waals surface area contributed by atoms with Crippen LogP contribution >= 0.6 is 11.8 Å². The van der Waals surface area contributed by atoms with E-state index in [0.717, 1.165) is 12.2 Å². The first-order valence-corrected chi connectivity index (χ1v) is 9.64. The molecular weight excluding hydrogens is 292 g/mol. The first kappa shape index (κ1) is 15.7. The van der Waals surface area contributed by atoms with Gasteiger partial charge in [0.05, 0.1) is 4.90 Å². The summed E-state index contributed by atoms with van der Waals surface area (Å²) in [7, 11) is -3.60. The lowest BCUT2D eigenvalue weighted by molar-refractivity contribution is 0.411. The standard InChI is InChI=1S/C14H22N2O2S2/c1-19-14(9-3-2-4-10-14)11-16-12-5-7-13(8-6-12)20(15,17)18/h5-8,16H,2-4,9-11H2,1H3,(H2,15,17,18). The van der Waals surface area contributed by atoms with Crippen molar-refractivity contribution in [2.24, 2.45) is 5.14 Å². The van der Waals surface area contributed by atoms with Crippen molar-refractivity contribution in [1.29, 1.82) is 0 Å². The quantitative estimate of drug-likeness (QED) is 0.876. The number of nitrogens with two attached hydrogens (primary N) is 1. The Morgan fingerprint density at radius 1 is 1.20 bits per heavy atom. The van der Waals surface area contributed by atoms with Crippen LogP contribution < -0.4 is 10.5 Å². The summed E-state index contributed by atoms with van der Waals surface area (Å²) >= 11 is 1.94. The molecule has 0 aliphatic heterocycles. The normalized spacial score (nSPS) is 18.7. The maximum absolute atomic E-state index is 11.2. The molecule has 112 valence electrons. The van der Waals surface area contributed by atoms with E-state index in [4.69, 9.17) is 5.14 Å². The van der Waals surface area contributed by atoms with Crippen LogP contribution in [0.3, 0.4) is 0 Å². The summed E-state index contributed by atoms with van der Waals surface area (Å²) in [6.07, 6.45) is 8.61. The molecule has 0 unspecified atom stereocenters. The molecule has 0 amide bonds. The van der Waals surface area contributed by atoms with Crippen LogP contribution in [-0.2, 0) is 10.0 Å². The molecule has 1 aliphatic rings. The monoisotopic (exact) mass is 314 g/mol. The summed E-state index contributed by atoms with van der Waals surface area (Å²) < 4.78 is 22.7. The molecule has 0 aromatic heterocycles. The molecule has 1 aromatic rings. The first-order chi connectivity index (χ1) is 9.45. The molecule has 0 bridgehead atoms. The minimum atomic E-state index is -3.60. The van der Waals surface area contributed by atoms with E-state index in [1.54, 1.807) is 24.3 Å². The van der Waals surface area contributed by atoms with Gasteiger partial charge in [-0.3, -0.25) is 0 Å². The number of anilines is 1. The Labute approximate surface area is 125 Å². The third kappa shape index (κ3) is 3.90. The molecule has 1 aromatic carbocycles. The van der Waals surface area contributed by atoms with E-state index in [9.17, 15) is 8.42 Å². The molecule has 4 nitrogen and oxygen atoms in total. The molecule has 2 rings (SSSR count). The van der Waals surface area contributed by atoms with Crippen LogP contribution in [-0.4, -0.2) is 26.0 Å². The molecule has 20 heavy (non-hydrogen) atoms. The van der Waals surface area contributed by atoms with Gasteiger partial charge in [0, 0.05) is 17.0 Å². The summed E-state index contributed by atoms with van der Waals surface area (Å²) in [5.74, 6) is 0. The Kier molecular flexibility index (Phi) is 4.99. The first-order valence-electron chi connectivity index (χ1n) is 6.87. The fourth-order valence-electron chi connectivity index (χ4n) is 2.67. The van der Waals surface area contributed by atoms with Gasteiger partial charge in [0.15, 0.2) is 0 Å². The third-order valence-corrected chi connectivity index (χ3v) is 6.34. The van der Waals surface area contributed by atoms with Gasteiger partial charge in [-0.2, -0.15) is 11.8 Å². The van der Waals surface area contributed by atoms with Gasteiger partial charge in [-0.05, 0) is 43.4 Å². The maximum atomic E-state index is 11.2. The van der Waals surface area contributed by atoms with Crippen molar-refractivity contribution in [2.45, 2.75) is 41.7 Å². The van der Waals surface area contributed by atoms with Gasteiger partial charge in [0.25, 0.3) is 0 Å². The van der Waals surface area contributed by atoms with Gasteiger partial charge < -0.3 is 5.32 Å². The molecule has 0 saturated heterocycles. The van der Waals surface area contributed by atoms with Crippen LogP contribution in [0.25, 0.3) is 0 Å². The van der Waals surface area contributed by atoms with Crippen LogP contribution in [0.1, 0.15) is 32.1 Å². The van der Waals surface area contributed by atoms with Gasteiger partial charge in [0.2, 0.25) is 10.0 Å². The van der Waals surface area contributed by atoms with E-state index in [1.807, 2.05) is 11.8 Å². The van der Waals surface area contributed by atoms with Crippen LogP contribution in [0.15, 0.2) is 29.2 Å². The third-order valence-electron chi connectivity index (χ3n) is 4.00. The summed E-state index contributed by atoms with van der Waals surface area (Å²) in [5, 5.41) is 8.52. The second kappa shape index (κ2) is 6.37. The second-order valence-corrected chi connectivity index (χ2v) is 8.21. The van der Waals surface area contributed by atoms with Crippen molar-refractivity contribution in [3.63, 3.8) is 0 Å². The zero-order valence-electron chi connectivity index (χ0n) is 11.8. The number of primary sulfonamides is 1. The SMILES string of the molecule is CSC1(CNc2ccc(S(N)(=O)=O)cc2)CCCCC1.